The summed E-state index contributed by atoms with van der Waals surface area (Å²) in [6.45, 7) is 0. The van der Waals surface area contributed by atoms with Gasteiger partial charge in [0.1, 0.15) is 5.56 Å². The van der Waals surface area contributed by atoms with Gasteiger partial charge in [-0.2, -0.15) is 0 Å². The standard InChI is InChI=1S/C20H12N2O6/c23-17-11-8-4-5-9-12(11)18(24)14-13(17)16(22(27)28)15(20(26)19(14)25)21-10-6-2-1-3-7-10/h1-9,21,25-26H. The predicted octanol–water partition coefficient (Wildman–Crippen LogP) is 3.53. The number of aromatic hydroxyl groups is 2. The molecule has 0 spiro atoms. The van der Waals surface area contributed by atoms with Crippen molar-refractivity contribution in [2.24, 2.45) is 0 Å². The van der Waals surface area contributed by atoms with Gasteiger partial charge in [-0.3, -0.25) is 19.7 Å². The molecule has 3 N–H and O–H groups in total. The van der Waals surface area contributed by atoms with E-state index in [4.69, 9.17) is 0 Å². The van der Waals surface area contributed by atoms with Crippen LogP contribution in [0, 0.1) is 10.1 Å². The van der Waals surface area contributed by atoms with Crippen LogP contribution in [0.3, 0.4) is 0 Å². The summed E-state index contributed by atoms with van der Waals surface area (Å²) >= 11 is 0. The molecule has 3 aromatic rings. The highest BCUT2D eigenvalue weighted by atomic mass is 16.6. The molecule has 8 heteroatoms. The van der Waals surface area contributed by atoms with Crippen molar-refractivity contribution in [1.29, 1.82) is 0 Å². The number of nitro benzene ring substituents is 1. The maximum atomic E-state index is 13.0. The molecule has 0 aromatic heterocycles. The van der Waals surface area contributed by atoms with Gasteiger partial charge in [-0.15, -0.1) is 0 Å². The smallest absolute Gasteiger partial charge is 0.308 e. The number of phenols is 2. The zero-order chi connectivity index (χ0) is 20.0. The maximum Gasteiger partial charge on any atom is 0.308 e. The molecule has 0 saturated heterocycles. The number of anilines is 2. The second kappa shape index (κ2) is 6.20. The third-order valence-electron chi connectivity index (χ3n) is 4.52. The maximum absolute atomic E-state index is 13.0. The molecule has 1 aliphatic carbocycles. The Morgan fingerprint density at radius 3 is 1.89 bits per heavy atom. The molecule has 0 bridgehead atoms. The lowest BCUT2D eigenvalue weighted by molar-refractivity contribution is -0.384. The van der Waals surface area contributed by atoms with Crippen molar-refractivity contribution in [3.8, 4) is 11.5 Å². The fraction of sp³-hybridized carbons (Fsp3) is 0. The van der Waals surface area contributed by atoms with Crippen molar-refractivity contribution in [1.82, 2.24) is 0 Å². The number of hydrogen-bond acceptors (Lipinski definition) is 7. The lowest BCUT2D eigenvalue weighted by Gasteiger charge is -2.21. The zero-order valence-electron chi connectivity index (χ0n) is 14.2. The number of ketones is 2. The molecule has 0 atom stereocenters. The highest BCUT2D eigenvalue weighted by molar-refractivity contribution is 6.31. The Labute approximate surface area is 157 Å². The second-order valence-corrected chi connectivity index (χ2v) is 6.12. The Morgan fingerprint density at radius 1 is 0.786 bits per heavy atom. The first kappa shape index (κ1) is 17.2. The molecule has 0 amide bonds. The van der Waals surface area contributed by atoms with Crippen LogP contribution in [-0.2, 0) is 0 Å². The van der Waals surface area contributed by atoms with Crippen molar-refractivity contribution >= 4 is 28.6 Å². The van der Waals surface area contributed by atoms with E-state index in [2.05, 4.69) is 5.32 Å². The minimum atomic E-state index is -0.883. The van der Waals surface area contributed by atoms with Crippen LogP contribution in [0.1, 0.15) is 31.8 Å². The van der Waals surface area contributed by atoms with Crippen molar-refractivity contribution in [2.45, 2.75) is 0 Å². The Balaban J connectivity index is 2.05. The van der Waals surface area contributed by atoms with Crippen LogP contribution in [-0.4, -0.2) is 26.7 Å². The van der Waals surface area contributed by atoms with Crippen LogP contribution in [0.25, 0.3) is 0 Å². The number of nitrogens with zero attached hydrogens (tertiary/aromatic N) is 1. The monoisotopic (exact) mass is 376 g/mol. The number of carbonyl (C=O) groups is 2. The van der Waals surface area contributed by atoms with Crippen LogP contribution < -0.4 is 5.32 Å². The van der Waals surface area contributed by atoms with Gasteiger partial charge in [0.15, 0.2) is 23.0 Å². The van der Waals surface area contributed by atoms with Crippen LogP contribution in [0.2, 0.25) is 0 Å². The number of hydrogen-bond donors (Lipinski definition) is 3. The summed E-state index contributed by atoms with van der Waals surface area (Å²) in [5.74, 6) is -3.31. The number of benzene rings is 3. The normalized spacial score (nSPS) is 12.3. The topological polar surface area (TPSA) is 130 Å². The summed E-state index contributed by atoms with van der Waals surface area (Å²) in [6, 6.07) is 14.1. The Kier molecular flexibility index (Phi) is 3.82. The fourth-order valence-corrected chi connectivity index (χ4v) is 3.27. The van der Waals surface area contributed by atoms with Gasteiger partial charge in [0.2, 0.25) is 5.78 Å². The molecule has 138 valence electrons. The van der Waals surface area contributed by atoms with E-state index in [1.807, 2.05) is 0 Å². The van der Waals surface area contributed by atoms with Crippen molar-refractivity contribution < 1.29 is 24.7 Å². The Hall–Kier alpha value is -4.20. The molecular weight excluding hydrogens is 364 g/mol. The molecule has 8 nitrogen and oxygen atoms in total. The highest BCUT2D eigenvalue weighted by Crippen LogP contribution is 2.50. The first-order chi connectivity index (χ1) is 13.4. The van der Waals surface area contributed by atoms with Crippen LogP contribution in [0.4, 0.5) is 17.1 Å². The minimum Gasteiger partial charge on any atom is -0.504 e. The first-order valence-corrected chi connectivity index (χ1v) is 8.18. The number of nitrogens with one attached hydrogen (secondary N) is 1. The summed E-state index contributed by atoms with van der Waals surface area (Å²) in [5, 5.41) is 35.3. The van der Waals surface area contributed by atoms with E-state index >= 15 is 0 Å². The lowest BCUT2D eigenvalue weighted by Crippen LogP contribution is -2.23. The van der Waals surface area contributed by atoms with Gasteiger partial charge in [0.25, 0.3) is 0 Å². The Bertz CT molecular complexity index is 1170. The third-order valence-corrected chi connectivity index (χ3v) is 4.52. The van der Waals surface area contributed by atoms with Gasteiger partial charge in [0.05, 0.1) is 10.5 Å². The quantitative estimate of drug-likeness (QED) is 0.283. The van der Waals surface area contributed by atoms with Crippen LogP contribution in [0.5, 0.6) is 11.5 Å². The molecule has 3 aromatic carbocycles. The number of phenolic OH excluding ortho intramolecular Hbond substituents is 2. The summed E-state index contributed by atoms with van der Waals surface area (Å²) in [6.07, 6.45) is 0. The predicted molar refractivity (Wildman–Crippen MR) is 99.5 cm³/mol. The fourth-order valence-electron chi connectivity index (χ4n) is 3.27. The van der Waals surface area contributed by atoms with Gasteiger partial charge in [0, 0.05) is 16.8 Å². The van der Waals surface area contributed by atoms with E-state index < -0.39 is 50.5 Å². The number of para-hydroxylation sites is 1. The van der Waals surface area contributed by atoms with E-state index in [0.717, 1.165) is 0 Å². The summed E-state index contributed by atoms with van der Waals surface area (Å²) in [7, 11) is 0. The van der Waals surface area contributed by atoms with Crippen molar-refractivity contribution in [2.75, 3.05) is 5.32 Å². The summed E-state index contributed by atoms with van der Waals surface area (Å²) in [5.41, 5.74) is -1.98. The second-order valence-electron chi connectivity index (χ2n) is 6.12. The number of carbonyl (C=O) groups excluding carboxylic acids is 2. The molecule has 0 radical (unpaired) electrons. The van der Waals surface area contributed by atoms with Gasteiger partial charge >= 0.3 is 5.69 Å². The molecule has 0 unspecified atom stereocenters. The molecular formula is C20H12N2O6. The third kappa shape index (κ3) is 2.39. The van der Waals surface area contributed by atoms with Crippen LogP contribution in [0.15, 0.2) is 54.6 Å². The molecule has 28 heavy (non-hydrogen) atoms. The van der Waals surface area contributed by atoms with E-state index in [0.29, 0.717) is 5.69 Å². The minimum absolute atomic E-state index is 0.00106. The average Bonchev–Trinajstić information content (AvgIpc) is 2.70. The molecule has 0 heterocycles. The highest BCUT2D eigenvalue weighted by Gasteiger charge is 2.42. The van der Waals surface area contributed by atoms with Crippen molar-refractivity contribution in [3.63, 3.8) is 0 Å². The molecule has 0 saturated carbocycles. The number of fused-ring (bicyclic) bond motifs is 2. The first-order valence-electron chi connectivity index (χ1n) is 8.18. The largest absolute Gasteiger partial charge is 0.504 e. The van der Waals surface area contributed by atoms with E-state index in [1.165, 1.54) is 24.3 Å². The lowest BCUT2D eigenvalue weighted by atomic mass is 9.82. The van der Waals surface area contributed by atoms with Gasteiger partial charge in [-0.05, 0) is 12.1 Å². The van der Waals surface area contributed by atoms with Crippen molar-refractivity contribution in [3.05, 3.63) is 87.0 Å². The van der Waals surface area contributed by atoms with E-state index in [9.17, 15) is 29.9 Å². The van der Waals surface area contributed by atoms with E-state index in [1.54, 1.807) is 30.3 Å². The van der Waals surface area contributed by atoms with Gasteiger partial charge < -0.3 is 15.5 Å². The molecule has 4 rings (SSSR count). The van der Waals surface area contributed by atoms with Crippen LogP contribution >= 0.6 is 0 Å². The molecule has 0 fully saturated rings. The summed E-state index contributed by atoms with van der Waals surface area (Å²) < 4.78 is 0. The van der Waals surface area contributed by atoms with Gasteiger partial charge in [-0.25, -0.2) is 0 Å². The van der Waals surface area contributed by atoms with E-state index in [-0.39, 0.29) is 11.1 Å². The average molecular weight is 376 g/mol. The molecule has 1 aliphatic rings. The Morgan fingerprint density at radius 2 is 1.32 bits per heavy atom. The summed E-state index contributed by atoms with van der Waals surface area (Å²) in [4.78, 5) is 36.7. The van der Waals surface area contributed by atoms with Gasteiger partial charge in [-0.1, -0.05) is 42.5 Å². The number of nitro groups is 1. The number of rotatable bonds is 3. The zero-order valence-corrected chi connectivity index (χ0v) is 14.2. The SMILES string of the molecule is O=C1c2ccccc2C(=O)c2c1c(O)c(O)c(Nc1ccccc1)c2[N+](=O)[O-]. The molecule has 0 aliphatic heterocycles.